The van der Waals surface area contributed by atoms with E-state index in [4.69, 9.17) is 0 Å². The van der Waals surface area contributed by atoms with Gasteiger partial charge in [0, 0.05) is 5.69 Å². The van der Waals surface area contributed by atoms with Gasteiger partial charge in [0.25, 0.3) is 0 Å². The van der Waals surface area contributed by atoms with E-state index in [0.717, 1.165) is 17.9 Å². The number of hydrogen-bond donors (Lipinski definition) is 1. The molecule has 0 spiro atoms. The molecule has 0 aliphatic heterocycles. The fourth-order valence-electron chi connectivity index (χ4n) is 4.57. The van der Waals surface area contributed by atoms with Crippen molar-refractivity contribution in [3.63, 3.8) is 0 Å². The summed E-state index contributed by atoms with van der Waals surface area (Å²) in [4.78, 5) is 1.71. The lowest BCUT2D eigenvalue weighted by molar-refractivity contribution is 0.300. The second-order valence-electron chi connectivity index (χ2n) is 11.7. The summed E-state index contributed by atoms with van der Waals surface area (Å²) in [5.41, 5.74) is 3.06. The summed E-state index contributed by atoms with van der Waals surface area (Å²) in [5.74, 6) is 0.485. The molecule has 0 aliphatic rings. The second-order valence-corrected chi connectivity index (χ2v) is 22.2. The van der Waals surface area contributed by atoms with Crippen LogP contribution >= 0.6 is 0 Å². The van der Waals surface area contributed by atoms with Crippen LogP contribution in [0.5, 0.6) is 0 Å². The van der Waals surface area contributed by atoms with Crippen molar-refractivity contribution in [3.8, 4) is 0 Å². The largest absolute Gasteiger partial charge is 0.378 e. The first-order chi connectivity index (χ1) is 15.8. The lowest BCUT2D eigenvalue weighted by Gasteiger charge is -2.31. The Morgan fingerprint density at radius 1 is 0.941 bits per heavy atom. The van der Waals surface area contributed by atoms with E-state index in [0.29, 0.717) is 6.54 Å². The van der Waals surface area contributed by atoms with Gasteiger partial charge in [-0.2, -0.15) is 0 Å². The van der Waals surface area contributed by atoms with Gasteiger partial charge in [0.15, 0.2) is 5.82 Å². The lowest BCUT2D eigenvalue weighted by Crippen LogP contribution is -2.39. The predicted molar refractivity (Wildman–Crippen MR) is 146 cm³/mol. The molecule has 0 unspecified atom stereocenters. The van der Waals surface area contributed by atoms with Crippen LogP contribution in [0.1, 0.15) is 30.8 Å². The molecule has 0 bridgehead atoms. The Labute approximate surface area is 205 Å². The third-order valence-corrected chi connectivity index (χ3v) is 14.0. The number of nitrogens with zero attached hydrogens (tertiary/aromatic N) is 4. The molecule has 3 rings (SSSR count). The van der Waals surface area contributed by atoms with E-state index in [-0.39, 0.29) is 11.4 Å². The molecular weight excluding hydrogens is 457 g/mol. The second kappa shape index (κ2) is 9.95. The van der Waals surface area contributed by atoms with Gasteiger partial charge in [-0.3, -0.25) is 0 Å². The Hall–Kier alpha value is -2.59. The van der Waals surface area contributed by atoms with Gasteiger partial charge in [0.2, 0.25) is 0 Å². The van der Waals surface area contributed by atoms with Crippen LogP contribution in [0.3, 0.4) is 0 Å². The predicted octanol–water partition coefficient (Wildman–Crippen LogP) is 6.54. The number of rotatable bonds is 9. The minimum atomic E-state index is -1.36. The number of hydrogen-bond acceptors (Lipinski definition) is 4. The van der Waals surface area contributed by atoms with Gasteiger partial charge in [-0.05, 0) is 66.1 Å². The van der Waals surface area contributed by atoms with E-state index >= 15 is 0 Å². The lowest BCUT2D eigenvalue weighted by atomic mass is 9.94. The number of nitrogens with one attached hydrogen (secondary N) is 1. The van der Waals surface area contributed by atoms with Crippen LogP contribution in [0.15, 0.2) is 53.4 Å². The average molecular weight is 496 g/mol. The number of aromatic nitrogens is 4. The van der Waals surface area contributed by atoms with Crippen molar-refractivity contribution in [2.45, 2.75) is 71.6 Å². The summed E-state index contributed by atoms with van der Waals surface area (Å²) >= 11 is 0. The van der Waals surface area contributed by atoms with E-state index in [2.05, 4.69) is 104 Å². The molecule has 1 N–H and O–H groups in total. The average Bonchev–Trinajstić information content (AvgIpc) is 3.21. The molecule has 0 radical (unpaired) electrons. The van der Waals surface area contributed by atoms with Crippen molar-refractivity contribution in [2.24, 2.45) is 0 Å². The molecule has 5 nitrogen and oxygen atoms in total. The fourth-order valence-corrected chi connectivity index (χ4v) is 14.8. The summed E-state index contributed by atoms with van der Waals surface area (Å²) in [7, 11) is -2.72. The molecule has 1 aromatic heterocycles. The highest BCUT2D eigenvalue weighted by atomic mass is 28.4. The van der Waals surface area contributed by atoms with Crippen LogP contribution in [-0.4, -0.2) is 36.4 Å². The van der Waals surface area contributed by atoms with Gasteiger partial charge >= 0.3 is 0 Å². The smallest absolute Gasteiger partial charge is 0.170 e. The third kappa shape index (κ3) is 6.73. The maximum Gasteiger partial charge on any atom is 0.170 e. The van der Waals surface area contributed by atoms with E-state index in [1.165, 1.54) is 23.3 Å². The maximum atomic E-state index is 13.2. The highest BCUT2D eigenvalue weighted by Crippen LogP contribution is 2.28. The Balaban J connectivity index is 1.74. The van der Waals surface area contributed by atoms with Crippen LogP contribution in [0, 0.1) is 5.82 Å². The topological polar surface area (TPSA) is 55.6 Å². The molecule has 1 heterocycles. The highest BCUT2D eigenvalue weighted by molar-refractivity contribution is 7.05. The number of tetrazole rings is 1. The summed E-state index contributed by atoms with van der Waals surface area (Å²) in [6.45, 7) is 19.4. The first-order valence-electron chi connectivity index (χ1n) is 11.8. The Morgan fingerprint density at radius 3 is 2.09 bits per heavy atom. The van der Waals surface area contributed by atoms with Crippen molar-refractivity contribution in [1.29, 1.82) is 0 Å². The quantitative estimate of drug-likeness (QED) is 0.342. The molecule has 2 aromatic carbocycles. The first kappa shape index (κ1) is 26.0. The van der Waals surface area contributed by atoms with Gasteiger partial charge in [-0.25, -0.2) is 9.07 Å². The van der Waals surface area contributed by atoms with Crippen LogP contribution in [0.4, 0.5) is 10.1 Å². The summed E-state index contributed by atoms with van der Waals surface area (Å²) in [6, 6.07) is 15.2. The minimum absolute atomic E-state index is 0.254. The molecule has 0 amide bonds. The molecular formula is C26H38FN5Si2. The zero-order valence-corrected chi connectivity index (χ0v) is 23.8. The number of benzene rings is 2. The fraction of sp³-hybridized carbons (Fsp3) is 0.423. The molecule has 0 fully saturated rings. The molecule has 0 saturated carbocycles. The van der Waals surface area contributed by atoms with E-state index in [1.54, 1.807) is 17.0 Å². The monoisotopic (exact) mass is 495 g/mol. The molecule has 34 heavy (non-hydrogen) atoms. The molecule has 3 aromatic rings. The van der Waals surface area contributed by atoms with E-state index < -0.39 is 16.1 Å². The van der Waals surface area contributed by atoms with Crippen molar-refractivity contribution in [1.82, 2.24) is 20.2 Å². The standard InChI is InChI=1S/C26H38FN5Si2/c1-26(2,32-24(29-30-31-32)19-28-23-15-13-22(27)14-16-23)18-21-11-9-20(10-12-21)17-25(33(3,4)5)34(6,7)8/h9-17,28H,18-19H2,1-8H3. The highest BCUT2D eigenvalue weighted by Gasteiger charge is 2.30. The van der Waals surface area contributed by atoms with Gasteiger partial charge < -0.3 is 5.32 Å². The summed E-state index contributed by atoms with van der Waals surface area (Å²) < 4.78 is 15.0. The van der Waals surface area contributed by atoms with Crippen LogP contribution in [0.2, 0.25) is 39.3 Å². The maximum absolute atomic E-state index is 13.2. The molecule has 0 aliphatic carbocycles. The summed E-state index contributed by atoms with van der Waals surface area (Å²) in [5, 5.41) is 15.7. The molecule has 182 valence electrons. The van der Waals surface area contributed by atoms with Crippen molar-refractivity contribution < 1.29 is 4.39 Å². The van der Waals surface area contributed by atoms with Crippen molar-refractivity contribution >= 4 is 27.9 Å². The van der Waals surface area contributed by atoms with Gasteiger partial charge in [0.1, 0.15) is 5.82 Å². The minimum Gasteiger partial charge on any atom is -0.378 e. The first-order valence-corrected chi connectivity index (χ1v) is 18.8. The Kier molecular flexibility index (Phi) is 7.62. The zero-order chi connectivity index (χ0) is 25.1. The van der Waals surface area contributed by atoms with E-state index in [9.17, 15) is 4.39 Å². The van der Waals surface area contributed by atoms with Gasteiger partial charge in [-0.1, -0.05) is 74.4 Å². The van der Waals surface area contributed by atoms with Crippen LogP contribution in [0.25, 0.3) is 6.08 Å². The third-order valence-electron chi connectivity index (χ3n) is 5.95. The number of halogens is 1. The van der Waals surface area contributed by atoms with Gasteiger partial charge in [-0.15, -0.1) is 5.10 Å². The SMILES string of the molecule is CC(C)(Cc1ccc(C=C([Si](C)(C)C)[Si](C)(C)C)cc1)n1nnnc1CNc1ccc(F)cc1. The summed E-state index contributed by atoms with van der Waals surface area (Å²) in [6.07, 6.45) is 3.26. The molecule has 0 saturated heterocycles. The van der Waals surface area contributed by atoms with Crippen LogP contribution < -0.4 is 5.32 Å². The molecule has 8 heteroatoms. The Morgan fingerprint density at radius 2 is 1.53 bits per heavy atom. The van der Waals surface area contributed by atoms with Crippen LogP contribution in [-0.2, 0) is 18.5 Å². The normalized spacial score (nSPS) is 12.5. The molecule has 0 atom stereocenters. The Bertz CT molecular complexity index is 1110. The van der Waals surface area contributed by atoms with Crippen molar-refractivity contribution in [2.75, 3.05) is 5.32 Å². The number of anilines is 1. The zero-order valence-electron chi connectivity index (χ0n) is 21.8. The van der Waals surface area contributed by atoms with Crippen molar-refractivity contribution in [3.05, 3.63) is 76.1 Å². The van der Waals surface area contributed by atoms with Gasteiger partial charge in [0.05, 0.1) is 28.2 Å². The van der Waals surface area contributed by atoms with E-state index in [1.807, 2.05) is 4.68 Å².